The van der Waals surface area contributed by atoms with Gasteiger partial charge >= 0.3 is 0 Å². The second-order valence-corrected chi connectivity index (χ2v) is 5.28. The fraction of sp³-hybridized carbons (Fsp3) is 0.250. The van der Waals surface area contributed by atoms with Gasteiger partial charge in [0.1, 0.15) is 0 Å². The van der Waals surface area contributed by atoms with Crippen LogP contribution in [-0.4, -0.2) is 11.6 Å². The van der Waals surface area contributed by atoms with Gasteiger partial charge in [-0.05, 0) is 40.4 Å². The summed E-state index contributed by atoms with van der Waals surface area (Å²) >= 11 is 5.17. The largest absolute Gasteiger partial charge is 0.477 e. The molecule has 4 heteroatoms. The van der Waals surface area contributed by atoms with E-state index in [2.05, 4.69) is 38.4 Å². The zero-order chi connectivity index (χ0) is 11.4. The fourth-order valence-electron chi connectivity index (χ4n) is 1.31. The monoisotopic (exact) mass is 297 g/mol. The minimum absolute atomic E-state index is 0.675. The van der Waals surface area contributed by atoms with Crippen LogP contribution < -0.4 is 4.74 Å². The lowest BCUT2D eigenvalue weighted by Gasteiger charge is -2.05. The van der Waals surface area contributed by atoms with E-state index in [0.717, 1.165) is 16.6 Å². The molecule has 0 aliphatic heterocycles. The molecule has 0 saturated heterocycles. The zero-order valence-electron chi connectivity index (χ0n) is 8.94. The van der Waals surface area contributed by atoms with E-state index in [1.54, 1.807) is 11.3 Å². The molecule has 0 saturated carbocycles. The number of pyridine rings is 1. The first-order valence-corrected chi connectivity index (χ1v) is 6.71. The molecule has 2 heterocycles. The van der Waals surface area contributed by atoms with Gasteiger partial charge < -0.3 is 4.74 Å². The smallest absolute Gasteiger partial charge is 0.213 e. The molecule has 0 bridgehead atoms. The van der Waals surface area contributed by atoms with Crippen molar-refractivity contribution in [2.45, 2.75) is 13.3 Å². The van der Waals surface area contributed by atoms with Crippen LogP contribution in [0.1, 0.15) is 10.6 Å². The lowest BCUT2D eigenvalue weighted by molar-refractivity contribution is 0.310. The van der Waals surface area contributed by atoms with Gasteiger partial charge in [0.25, 0.3) is 0 Å². The predicted molar refractivity (Wildman–Crippen MR) is 70.2 cm³/mol. The molecule has 2 aromatic rings. The first-order chi connectivity index (χ1) is 7.75. The Morgan fingerprint density at radius 2 is 2.25 bits per heavy atom. The maximum Gasteiger partial charge on any atom is 0.213 e. The van der Waals surface area contributed by atoms with Crippen molar-refractivity contribution in [3.63, 3.8) is 0 Å². The highest BCUT2D eigenvalue weighted by Crippen LogP contribution is 2.18. The molecular formula is C12H12BrNOS. The molecule has 0 unspecified atom stereocenters. The molecule has 84 valence electrons. The molecule has 0 aromatic carbocycles. The van der Waals surface area contributed by atoms with Crippen LogP contribution in [0.25, 0.3) is 0 Å². The number of rotatable bonds is 4. The molecule has 0 aliphatic carbocycles. The normalized spacial score (nSPS) is 10.4. The third-order valence-electron chi connectivity index (χ3n) is 2.17. The first-order valence-electron chi connectivity index (χ1n) is 5.04. The number of ether oxygens (including phenoxy) is 1. The highest BCUT2D eigenvalue weighted by molar-refractivity contribution is 9.10. The second kappa shape index (κ2) is 5.46. The molecule has 0 aliphatic rings. The van der Waals surface area contributed by atoms with Gasteiger partial charge in [-0.1, -0.05) is 6.07 Å². The fourth-order valence-corrected chi connectivity index (χ4v) is 2.22. The van der Waals surface area contributed by atoms with Crippen LogP contribution >= 0.6 is 27.3 Å². The maximum absolute atomic E-state index is 5.59. The molecule has 0 fully saturated rings. The summed E-state index contributed by atoms with van der Waals surface area (Å²) in [4.78, 5) is 5.67. The topological polar surface area (TPSA) is 22.1 Å². The molecule has 0 spiro atoms. The Morgan fingerprint density at radius 3 is 2.94 bits per heavy atom. The number of hydrogen-bond acceptors (Lipinski definition) is 3. The van der Waals surface area contributed by atoms with Crippen molar-refractivity contribution in [1.29, 1.82) is 0 Å². The predicted octanol–water partition coefficient (Wildman–Crippen LogP) is 3.84. The van der Waals surface area contributed by atoms with Crippen LogP contribution in [0.2, 0.25) is 0 Å². The van der Waals surface area contributed by atoms with E-state index in [1.165, 1.54) is 4.88 Å². The highest BCUT2D eigenvalue weighted by Gasteiger charge is 2.00. The number of thiophene rings is 1. The molecule has 0 amide bonds. The zero-order valence-corrected chi connectivity index (χ0v) is 11.3. The van der Waals surface area contributed by atoms with Crippen LogP contribution in [0.15, 0.2) is 34.1 Å². The van der Waals surface area contributed by atoms with Crippen LogP contribution in [0, 0.1) is 6.92 Å². The third kappa shape index (κ3) is 3.06. The van der Waals surface area contributed by atoms with Crippen molar-refractivity contribution < 1.29 is 4.74 Å². The van der Waals surface area contributed by atoms with Crippen molar-refractivity contribution in [3.05, 3.63) is 44.7 Å². The molecule has 2 rings (SSSR count). The molecule has 0 radical (unpaired) electrons. The van der Waals surface area contributed by atoms with Gasteiger partial charge in [0.2, 0.25) is 5.88 Å². The number of aryl methyl sites for hydroxylation is 1. The van der Waals surface area contributed by atoms with E-state index >= 15 is 0 Å². The molecule has 16 heavy (non-hydrogen) atoms. The van der Waals surface area contributed by atoms with Crippen molar-refractivity contribution in [2.75, 3.05) is 6.61 Å². The summed E-state index contributed by atoms with van der Waals surface area (Å²) in [5, 5.41) is 2.08. The Kier molecular flexibility index (Phi) is 3.96. The number of nitrogens with zero attached hydrogens (tertiary/aromatic N) is 1. The lowest BCUT2D eigenvalue weighted by Crippen LogP contribution is -2.02. The number of hydrogen-bond donors (Lipinski definition) is 0. The standard InChI is InChI=1S/C12H12BrNOS/c1-9-11(13)4-5-12(14-9)15-7-6-10-3-2-8-16-10/h2-5,8H,6-7H2,1H3. The van der Waals surface area contributed by atoms with Gasteiger partial charge in [0.15, 0.2) is 0 Å². The summed E-state index contributed by atoms with van der Waals surface area (Å²) in [5.41, 5.74) is 0.952. The minimum atomic E-state index is 0.675. The van der Waals surface area contributed by atoms with Crippen LogP contribution in [0.3, 0.4) is 0 Å². The van der Waals surface area contributed by atoms with Crippen LogP contribution in [0.4, 0.5) is 0 Å². The summed E-state index contributed by atoms with van der Waals surface area (Å²) in [7, 11) is 0. The van der Waals surface area contributed by atoms with Gasteiger partial charge in [-0.3, -0.25) is 0 Å². The van der Waals surface area contributed by atoms with Crippen molar-refractivity contribution in [3.8, 4) is 5.88 Å². The quantitative estimate of drug-likeness (QED) is 0.855. The summed E-state index contributed by atoms with van der Waals surface area (Å²) in [5.74, 6) is 0.692. The van der Waals surface area contributed by atoms with Gasteiger partial charge in [0.05, 0.1) is 12.3 Å². The average molecular weight is 298 g/mol. The van der Waals surface area contributed by atoms with E-state index in [0.29, 0.717) is 12.5 Å². The Labute approximate surface area is 107 Å². The third-order valence-corrected chi connectivity index (χ3v) is 3.95. The van der Waals surface area contributed by atoms with Gasteiger partial charge in [-0.15, -0.1) is 11.3 Å². The summed E-state index contributed by atoms with van der Waals surface area (Å²) in [6, 6.07) is 8.02. The number of halogens is 1. The molecule has 2 nitrogen and oxygen atoms in total. The van der Waals surface area contributed by atoms with Crippen LogP contribution in [0.5, 0.6) is 5.88 Å². The first kappa shape index (κ1) is 11.6. The summed E-state index contributed by atoms with van der Waals surface area (Å²) in [6.07, 6.45) is 0.939. The van der Waals surface area contributed by atoms with Gasteiger partial charge in [0, 0.05) is 21.8 Å². The van der Waals surface area contributed by atoms with E-state index in [9.17, 15) is 0 Å². The van der Waals surface area contributed by atoms with Crippen molar-refractivity contribution in [1.82, 2.24) is 4.98 Å². The Balaban J connectivity index is 1.87. The van der Waals surface area contributed by atoms with E-state index in [4.69, 9.17) is 4.74 Å². The SMILES string of the molecule is Cc1nc(OCCc2cccs2)ccc1Br. The second-order valence-electron chi connectivity index (χ2n) is 3.39. The highest BCUT2D eigenvalue weighted by atomic mass is 79.9. The summed E-state index contributed by atoms with van der Waals surface area (Å²) in [6.45, 7) is 2.63. The minimum Gasteiger partial charge on any atom is -0.477 e. The molecular weight excluding hydrogens is 286 g/mol. The Bertz CT molecular complexity index is 456. The van der Waals surface area contributed by atoms with E-state index in [-0.39, 0.29) is 0 Å². The molecule has 0 atom stereocenters. The molecule has 2 aromatic heterocycles. The van der Waals surface area contributed by atoms with E-state index < -0.39 is 0 Å². The van der Waals surface area contributed by atoms with Gasteiger partial charge in [-0.25, -0.2) is 4.98 Å². The van der Waals surface area contributed by atoms with Gasteiger partial charge in [-0.2, -0.15) is 0 Å². The Morgan fingerprint density at radius 1 is 1.38 bits per heavy atom. The number of aromatic nitrogens is 1. The summed E-state index contributed by atoms with van der Waals surface area (Å²) < 4.78 is 6.60. The lowest BCUT2D eigenvalue weighted by atomic mass is 10.3. The Hall–Kier alpha value is -0.870. The van der Waals surface area contributed by atoms with Crippen molar-refractivity contribution in [2.24, 2.45) is 0 Å². The van der Waals surface area contributed by atoms with Crippen molar-refractivity contribution >= 4 is 27.3 Å². The average Bonchev–Trinajstić information content (AvgIpc) is 2.76. The van der Waals surface area contributed by atoms with Crippen LogP contribution in [-0.2, 0) is 6.42 Å². The molecule has 0 N–H and O–H groups in total. The van der Waals surface area contributed by atoms with E-state index in [1.807, 2.05) is 19.1 Å². The maximum atomic E-state index is 5.59.